The normalized spacial score (nSPS) is 11.6. The van der Waals surface area contributed by atoms with E-state index in [0.717, 1.165) is 12.1 Å². The molecule has 2 aromatic carbocycles. The van der Waals surface area contributed by atoms with Crippen LogP contribution in [-0.2, 0) is 6.54 Å². The molecule has 0 amide bonds. The first kappa shape index (κ1) is 25.2. The van der Waals surface area contributed by atoms with Crippen LogP contribution in [0.4, 0.5) is 35.3 Å². The lowest BCUT2D eigenvalue weighted by Gasteiger charge is -2.09. The summed E-state index contributed by atoms with van der Waals surface area (Å²) in [7, 11) is 0. The summed E-state index contributed by atoms with van der Waals surface area (Å²) in [6, 6.07) is 12.4. The molecule has 0 aliphatic heterocycles. The number of alkyl halides is 3. The number of azo groups is 1. The average Bonchev–Trinajstić information content (AvgIpc) is 2.81. The molecule has 0 saturated carbocycles. The van der Waals surface area contributed by atoms with Crippen molar-refractivity contribution < 1.29 is 22.3 Å². The second-order valence-electron chi connectivity index (χ2n) is 6.96. The van der Waals surface area contributed by atoms with E-state index in [-0.39, 0.29) is 40.6 Å². The predicted octanol–water partition coefficient (Wildman–Crippen LogP) is 7.31. The highest BCUT2D eigenvalue weighted by Gasteiger charge is 2.30. The minimum Gasteiger partial charge on any atom is -0.406 e. The zero-order valence-corrected chi connectivity index (χ0v) is 19.4. The molecule has 2 aromatic heterocycles. The van der Waals surface area contributed by atoms with Gasteiger partial charge in [-0.2, -0.15) is 20.1 Å². The standard InChI is InChI=1S/C22H13Cl2F4N7O/c23-13-6-9-17(29-11-13)31-20-32-19(18-15(24)2-1-3-16(18)25)33-21(34-20)35-30-10-12-4-7-14(8-5-12)36-22(26,27)28/h1-9,11H,10H2,(H,29,31,32,33,34). The number of hydrogen-bond acceptors (Lipinski definition) is 8. The maximum Gasteiger partial charge on any atom is 0.573 e. The van der Waals surface area contributed by atoms with Crippen LogP contribution in [-0.4, -0.2) is 26.3 Å². The Kier molecular flexibility index (Phi) is 7.55. The lowest BCUT2D eigenvalue weighted by atomic mass is 10.2. The summed E-state index contributed by atoms with van der Waals surface area (Å²) in [5.41, 5.74) is 0.480. The minimum absolute atomic E-state index is 0.00469. The van der Waals surface area contributed by atoms with Gasteiger partial charge in [0.1, 0.15) is 17.4 Å². The van der Waals surface area contributed by atoms with E-state index in [1.807, 2.05) is 0 Å². The molecule has 2 heterocycles. The molecule has 0 fully saturated rings. The third-order valence-corrected chi connectivity index (χ3v) is 4.89. The molecule has 14 heteroatoms. The van der Waals surface area contributed by atoms with Crippen molar-refractivity contribution in [2.75, 3.05) is 5.32 Å². The smallest absolute Gasteiger partial charge is 0.406 e. The Bertz CT molecular complexity index is 1360. The fraction of sp³-hybridized carbons (Fsp3) is 0.0909. The van der Waals surface area contributed by atoms with Crippen LogP contribution in [0, 0.1) is 5.82 Å². The van der Waals surface area contributed by atoms with Gasteiger partial charge in [0.25, 0.3) is 5.95 Å². The van der Waals surface area contributed by atoms with Crippen molar-refractivity contribution in [3.05, 3.63) is 82.2 Å². The van der Waals surface area contributed by atoms with Gasteiger partial charge in [-0.25, -0.2) is 9.37 Å². The van der Waals surface area contributed by atoms with E-state index in [1.54, 1.807) is 12.1 Å². The van der Waals surface area contributed by atoms with Crippen molar-refractivity contribution in [1.82, 2.24) is 19.9 Å². The van der Waals surface area contributed by atoms with E-state index in [9.17, 15) is 17.6 Å². The minimum atomic E-state index is -4.79. The van der Waals surface area contributed by atoms with Gasteiger partial charge in [0.2, 0.25) is 5.95 Å². The molecule has 36 heavy (non-hydrogen) atoms. The molecule has 8 nitrogen and oxygen atoms in total. The molecular weight excluding hydrogens is 525 g/mol. The molecule has 4 aromatic rings. The molecule has 0 saturated heterocycles. The van der Waals surface area contributed by atoms with Gasteiger partial charge < -0.3 is 10.1 Å². The zero-order chi connectivity index (χ0) is 25.7. The van der Waals surface area contributed by atoms with Crippen LogP contribution in [0.15, 0.2) is 71.0 Å². The number of benzene rings is 2. The van der Waals surface area contributed by atoms with E-state index in [0.29, 0.717) is 16.4 Å². The molecule has 0 bridgehead atoms. The van der Waals surface area contributed by atoms with Gasteiger partial charge in [-0.05, 0) is 42.0 Å². The molecule has 0 aliphatic carbocycles. The summed E-state index contributed by atoms with van der Waals surface area (Å²) in [4.78, 5) is 16.6. The van der Waals surface area contributed by atoms with Crippen LogP contribution in [0.25, 0.3) is 11.4 Å². The zero-order valence-electron chi connectivity index (χ0n) is 17.8. The summed E-state index contributed by atoms with van der Waals surface area (Å²) in [6.45, 7) is -0.00469. The average molecular weight is 538 g/mol. The number of rotatable bonds is 7. The number of halogens is 6. The second kappa shape index (κ2) is 10.8. The number of pyridine rings is 1. The lowest BCUT2D eigenvalue weighted by Crippen LogP contribution is -2.16. The molecule has 0 radical (unpaired) electrons. The summed E-state index contributed by atoms with van der Waals surface area (Å²) in [5, 5.41) is 11.3. The summed E-state index contributed by atoms with van der Waals surface area (Å²) in [6.07, 6.45) is -3.38. The molecule has 0 unspecified atom stereocenters. The number of nitrogens with zero attached hydrogens (tertiary/aromatic N) is 6. The third-order valence-electron chi connectivity index (χ3n) is 4.35. The quantitative estimate of drug-likeness (QED) is 0.196. The number of nitrogens with one attached hydrogen (secondary N) is 1. The molecule has 0 aliphatic rings. The van der Waals surface area contributed by atoms with Crippen molar-refractivity contribution in [1.29, 1.82) is 0 Å². The monoisotopic (exact) mass is 537 g/mol. The Morgan fingerprint density at radius 3 is 2.39 bits per heavy atom. The Balaban J connectivity index is 1.60. The van der Waals surface area contributed by atoms with Crippen molar-refractivity contribution in [2.45, 2.75) is 12.9 Å². The number of anilines is 2. The maximum absolute atomic E-state index is 14.5. The molecular formula is C22H13Cl2F4N7O. The van der Waals surface area contributed by atoms with Crippen LogP contribution >= 0.6 is 23.2 Å². The van der Waals surface area contributed by atoms with E-state index >= 15 is 0 Å². The lowest BCUT2D eigenvalue weighted by molar-refractivity contribution is -0.274. The van der Waals surface area contributed by atoms with Gasteiger partial charge in [-0.15, -0.1) is 18.3 Å². The third kappa shape index (κ3) is 6.83. The van der Waals surface area contributed by atoms with Crippen molar-refractivity contribution in [3.63, 3.8) is 0 Å². The molecule has 0 spiro atoms. The number of aromatic nitrogens is 4. The number of ether oxygens (including phenoxy) is 1. The van der Waals surface area contributed by atoms with Crippen LogP contribution in [0.2, 0.25) is 10.0 Å². The Hall–Kier alpha value is -3.90. The van der Waals surface area contributed by atoms with Crippen molar-refractivity contribution in [3.8, 4) is 17.1 Å². The molecule has 184 valence electrons. The van der Waals surface area contributed by atoms with Crippen LogP contribution < -0.4 is 10.1 Å². The number of hydrogen-bond donors (Lipinski definition) is 1. The topological polar surface area (TPSA) is 97.5 Å². The van der Waals surface area contributed by atoms with Gasteiger partial charge in [-0.3, -0.25) is 0 Å². The Morgan fingerprint density at radius 1 is 0.944 bits per heavy atom. The van der Waals surface area contributed by atoms with E-state index in [1.165, 1.54) is 36.5 Å². The van der Waals surface area contributed by atoms with Gasteiger partial charge in [0.15, 0.2) is 5.82 Å². The van der Waals surface area contributed by atoms with Gasteiger partial charge in [0.05, 0.1) is 22.2 Å². The van der Waals surface area contributed by atoms with E-state index < -0.39 is 12.2 Å². The summed E-state index contributed by atoms with van der Waals surface area (Å²) in [5.74, 6) is -0.969. The van der Waals surface area contributed by atoms with Gasteiger partial charge in [-0.1, -0.05) is 41.4 Å². The van der Waals surface area contributed by atoms with Crippen molar-refractivity contribution in [2.24, 2.45) is 10.2 Å². The highest BCUT2D eigenvalue weighted by Crippen LogP contribution is 2.30. The van der Waals surface area contributed by atoms with Crippen LogP contribution in [0.3, 0.4) is 0 Å². The first-order valence-corrected chi connectivity index (χ1v) is 10.7. The first-order chi connectivity index (χ1) is 17.2. The first-order valence-electron chi connectivity index (χ1n) is 9.97. The summed E-state index contributed by atoms with van der Waals surface area (Å²) >= 11 is 12.0. The highest BCUT2D eigenvalue weighted by molar-refractivity contribution is 6.33. The Labute approximate surface area is 211 Å². The van der Waals surface area contributed by atoms with E-state index in [2.05, 4.69) is 40.2 Å². The van der Waals surface area contributed by atoms with Crippen LogP contribution in [0.1, 0.15) is 5.56 Å². The largest absolute Gasteiger partial charge is 0.573 e. The van der Waals surface area contributed by atoms with Crippen molar-refractivity contribution >= 4 is 40.9 Å². The summed E-state index contributed by atoms with van der Waals surface area (Å²) < 4.78 is 55.3. The SMILES string of the molecule is Fc1cccc(Cl)c1-c1nc(N=NCc2ccc(OC(F)(F)F)cc2)nc(Nc2ccc(Cl)cn2)n1. The van der Waals surface area contributed by atoms with E-state index in [4.69, 9.17) is 23.2 Å². The van der Waals surface area contributed by atoms with Gasteiger partial charge >= 0.3 is 6.36 Å². The predicted molar refractivity (Wildman–Crippen MR) is 124 cm³/mol. The maximum atomic E-state index is 14.5. The van der Waals surface area contributed by atoms with Crippen LogP contribution in [0.5, 0.6) is 5.75 Å². The fourth-order valence-electron chi connectivity index (χ4n) is 2.83. The molecule has 0 atom stereocenters. The molecule has 1 N–H and O–H groups in total. The fourth-order valence-corrected chi connectivity index (χ4v) is 3.19. The second-order valence-corrected chi connectivity index (χ2v) is 7.80. The van der Waals surface area contributed by atoms with Gasteiger partial charge in [0, 0.05) is 6.20 Å². The molecule has 4 rings (SSSR count). The Morgan fingerprint density at radius 2 is 1.72 bits per heavy atom. The highest BCUT2D eigenvalue weighted by atomic mass is 35.5.